The van der Waals surface area contributed by atoms with Crippen LogP contribution in [0.5, 0.6) is 5.75 Å². The summed E-state index contributed by atoms with van der Waals surface area (Å²) in [7, 11) is 0. The van der Waals surface area contributed by atoms with Crippen LogP contribution >= 0.6 is 12.4 Å². The van der Waals surface area contributed by atoms with E-state index in [1.807, 2.05) is 29.2 Å². The van der Waals surface area contributed by atoms with Crippen LogP contribution in [0.1, 0.15) is 26.3 Å². The van der Waals surface area contributed by atoms with E-state index in [0.717, 1.165) is 37.6 Å². The molecule has 0 unspecified atom stereocenters. The molecule has 0 aromatic heterocycles. The third kappa shape index (κ3) is 5.50. The summed E-state index contributed by atoms with van der Waals surface area (Å²) in [5.41, 5.74) is 1.04. The maximum atomic E-state index is 12.3. The van der Waals surface area contributed by atoms with Gasteiger partial charge in [0.05, 0.1) is 13.0 Å². The Labute approximate surface area is 139 Å². The SMILES string of the molecule is CC(C)COc1ccc(CC(=O)N2CCNC[C@@H]2C)cc1.Cl. The smallest absolute Gasteiger partial charge is 0.227 e. The van der Waals surface area contributed by atoms with Crippen molar-refractivity contribution in [1.82, 2.24) is 10.2 Å². The second-order valence-electron chi connectivity index (χ2n) is 6.17. The van der Waals surface area contributed by atoms with Gasteiger partial charge in [-0.2, -0.15) is 0 Å². The van der Waals surface area contributed by atoms with Crippen LogP contribution in [-0.2, 0) is 11.2 Å². The molecule has 124 valence electrons. The van der Waals surface area contributed by atoms with E-state index in [1.165, 1.54) is 0 Å². The molecule has 0 spiro atoms. The summed E-state index contributed by atoms with van der Waals surface area (Å²) in [4.78, 5) is 14.3. The van der Waals surface area contributed by atoms with Crippen molar-refractivity contribution in [2.45, 2.75) is 33.2 Å². The molecular formula is C17H27ClN2O2. The van der Waals surface area contributed by atoms with Crippen LogP contribution in [0.3, 0.4) is 0 Å². The fourth-order valence-corrected chi connectivity index (χ4v) is 2.45. The number of benzene rings is 1. The van der Waals surface area contributed by atoms with E-state index in [2.05, 4.69) is 26.1 Å². The first-order valence-electron chi connectivity index (χ1n) is 7.78. The number of hydrogen-bond donors (Lipinski definition) is 1. The number of piperazine rings is 1. The third-order valence-corrected chi connectivity index (χ3v) is 3.68. The molecule has 0 radical (unpaired) electrons. The fourth-order valence-electron chi connectivity index (χ4n) is 2.45. The molecule has 1 fully saturated rings. The van der Waals surface area contributed by atoms with E-state index < -0.39 is 0 Å². The summed E-state index contributed by atoms with van der Waals surface area (Å²) < 4.78 is 5.66. The Hall–Kier alpha value is -1.26. The molecule has 1 N–H and O–H groups in total. The van der Waals surface area contributed by atoms with E-state index in [0.29, 0.717) is 12.3 Å². The van der Waals surface area contributed by atoms with Crippen LogP contribution in [-0.4, -0.2) is 43.1 Å². The van der Waals surface area contributed by atoms with Gasteiger partial charge in [0.15, 0.2) is 0 Å². The molecule has 1 aliphatic heterocycles. The summed E-state index contributed by atoms with van der Waals surface area (Å²) in [6, 6.07) is 8.15. The molecule has 5 heteroatoms. The monoisotopic (exact) mass is 326 g/mol. The molecule has 1 heterocycles. The molecule has 22 heavy (non-hydrogen) atoms. The highest BCUT2D eigenvalue weighted by molar-refractivity contribution is 5.85. The number of hydrogen-bond acceptors (Lipinski definition) is 3. The minimum absolute atomic E-state index is 0. The van der Waals surface area contributed by atoms with E-state index in [4.69, 9.17) is 4.74 Å². The summed E-state index contributed by atoms with van der Waals surface area (Å²) >= 11 is 0. The van der Waals surface area contributed by atoms with Crippen molar-refractivity contribution in [3.8, 4) is 5.75 Å². The Bertz CT molecular complexity index is 462. The van der Waals surface area contributed by atoms with Crippen molar-refractivity contribution < 1.29 is 9.53 Å². The Morgan fingerprint density at radius 3 is 2.64 bits per heavy atom. The van der Waals surface area contributed by atoms with Crippen LogP contribution in [0.25, 0.3) is 0 Å². The zero-order valence-corrected chi connectivity index (χ0v) is 14.5. The first-order valence-corrected chi connectivity index (χ1v) is 7.78. The highest BCUT2D eigenvalue weighted by atomic mass is 35.5. The summed E-state index contributed by atoms with van der Waals surface area (Å²) in [5.74, 6) is 1.59. The van der Waals surface area contributed by atoms with Crippen molar-refractivity contribution >= 4 is 18.3 Å². The predicted octanol–water partition coefficient (Wildman–Crippen LogP) is 2.51. The Kier molecular flexibility index (Phi) is 7.69. The Morgan fingerprint density at radius 2 is 2.05 bits per heavy atom. The van der Waals surface area contributed by atoms with Gasteiger partial charge in [0.25, 0.3) is 0 Å². The van der Waals surface area contributed by atoms with Gasteiger partial charge < -0.3 is 15.0 Å². The number of carbonyl (C=O) groups excluding carboxylic acids is 1. The van der Waals surface area contributed by atoms with Gasteiger partial charge in [-0.15, -0.1) is 12.4 Å². The molecule has 0 saturated carbocycles. The lowest BCUT2D eigenvalue weighted by molar-refractivity contribution is -0.133. The first kappa shape index (κ1) is 18.8. The lowest BCUT2D eigenvalue weighted by Gasteiger charge is -2.34. The van der Waals surface area contributed by atoms with Crippen molar-refractivity contribution in [3.05, 3.63) is 29.8 Å². The van der Waals surface area contributed by atoms with Crippen LogP contribution in [0.2, 0.25) is 0 Å². The molecular weight excluding hydrogens is 300 g/mol. The number of amides is 1. The number of carbonyl (C=O) groups is 1. The molecule has 1 aliphatic rings. The molecule has 1 aromatic carbocycles. The second-order valence-corrected chi connectivity index (χ2v) is 6.17. The third-order valence-electron chi connectivity index (χ3n) is 3.68. The largest absolute Gasteiger partial charge is 0.493 e. The van der Waals surface area contributed by atoms with Gasteiger partial charge in [0.2, 0.25) is 5.91 Å². The summed E-state index contributed by atoms with van der Waals surface area (Å²) in [6.07, 6.45) is 0.467. The lowest BCUT2D eigenvalue weighted by Crippen LogP contribution is -2.52. The number of ether oxygens (including phenoxy) is 1. The van der Waals surface area contributed by atoms with Crippen molar-refractivity contribution in [3.63, 3.8) is 0 Å². The van der Waals surface area contributed by atoms with Crippen molar-refractivity contribution in [2.24, 2.45) is 5.92 Å². The average Bonchev–Trinajstić information content (AvgIpc) is 2.47. The zero-order chi connectivity index (χ0) is 15.2. The Balaban J connectivity index is 0.00000242. The van der Waals surface area contributed by atoms with E-state index >= 15 is 0 Å². The molecule has 1 amide bonds. The number of rotatable bonds is 5. The number of nitrogens with zero attached hydrogens (tertiary/aromatic N) is 1. The van der Waals surface area contributed by atoms with Gasteiger partial charge in [0.1, 0.15) is 5.75 Å². The van der Waals surface area contributed by atoms with Gasteiger partial charge in [0, 0.05) is 25.7 Å². The first-order chi connectivity index (χ1) is 10.1. The van der Waals surface area contributed by atoms with Gasteiger partial charge in [-0.3, -0.25) is 4.79 Å². The molecule has 1 saturated heterocycles. The molecule has 0 aliphatic carbocycles. The van der Waals surface area contributed by atoms with Crippen LogP contribution in [0, 0.1) is 5.92 Å². The standard InChI is InChI=1S/C17H26N2O2.ClH/c1-13(2)12-21-16-6-4-15(5-7-16)10-17(20)19-9-8-18-11-14(19)3;/h4-7,13-14,18H,8-12H2,1-3H3;1H/t14-;/m0./s1. The summed E-state index contributed by atoms with van der Waals surface area (Å²) in [5, 5.41) is 3.30. The minimum Gasteiger partial charge on any atom is -0.493 e. The molecule has 0 bridgehead atoms. The molecule has 4 nitrogen and oxygen atoms in total. The fraction of sp³-hybridized carbons (Fsp3) is 0.588. The minimum atomic E-state index is 0. The highest BCUT2D eigenvalue weighted by Crippen LogP contribution is 2.15. The Morgan fingerprint density at radius 1 is 1.36 bits per heavy atom. The maximum Gasteiger partial charge on any atom is 0.227 e. The van der Waals surface area contributed by atoms with Gasteiger partial charge in [-0.25, -0.2) is 0 Å². The quantitative estimate of drug-likeness (QED) is 0.904. The number of nitrogens with one attached hydrogen (secondary N) is 1. The summed E-state index contributed by atoms with van der Waals surface area (Å²) in [6.45, 7) is 9.63. The van der Waals surface area contributed by atoms with Crippen LogP contribution < -0.4 is 10.1 Å². The normalized spacial score (nSPS) is 18.0. The lowest BCUT2D eigenvalue weighted by atomic mass is 10.1. The van der Waals surface area contributed by atoms with E-state index in [-0.39, 0.29) is 24.4 Å². The van der Waals surface area contributed by atoms with Gasteiger partial charge >= 0.3 is 0 Å². The maximum absolute atomic E-state index is 12.3. The predicted molar refractivity (Wildman–Crippen MR) is 91.8 cm³/mol. The molecule has 1 aromatic rings. The molecule has 1 atom stereocenters. The average molecular weight is 327 g/mol. The zero-order valence-electron chi connectivity index (χ0n) is 13.7. The van der Waals surface area contributed by atoms with E-state index in [9.17, 15) is 4.79 Å². The number of halogens is 1. The van der Waals surface area contributed by atoms with Crippen molar-refractivity contribution in [1.29, 1.82) is 0 Å². The topological polar surface area (TPSA) is 41.6 Å². The highest BCUT2D eigenvalue weighted by Gasteiger charge is 2.22. The van der Waals surface area contributed by atoms with E-state index in [1.54, 1.807) is 0 Å². The van der Waals surface area contributed by atoms with Gasteiger partial charge in [-0.1, -0.05) is 26.0 Å². The van der Waals surface area contributed by atoms with Gasteiger partial charge in [-0.05, 0) is 30.5 Å². The van der Waals surface area contributed by atoms with Crippen LogP contribution in [0.4, 0.5) is 0 Å². The van der Waals surface area contributed by atoms with Crippen molar-refractivity contribution in [2.75, 3.05) is 26.2 Å². The van der Waals surface area contributed by atoms with Crippen LogP contribution in [0.15, 0.2) is 24.3 Å². The molecule has 2 rings (SSSR count). The second kappa shape index (κ2) is 9.01.